The van der Waals surface area contributed by atoms with E-state index in [1.165, 1.54) is 31.5 Å². The predicted molar refractivity (Wildman–Crippen MR) is 84.8 cm³/mol. The van der Waals surface area contributed by atoms with E-state index in [-0.39, 0.29) is 11.6 Å². The summed E-state index contributed by atoms with van der Waals surface area (Å²) in [7, 11) is 0. The molecule has 21 heavy (non-hydrogen) atoms. The molecule has 2 aliphatic rings. The van der Waals surface area contributed by atoms with Crippen LogP contribution in [0.2, 0.25) is 0 Å². The molecule has 0 aliphatic heterocycles. The lowest BCUT2D eigenvalue weighted by atomic mass is 10.1. The number of hydrogen-bond donors (Lipinski definition) is 2. The molecule has 0 radical (unpaired) electrons. The van der Waals surface area contributed by atoms with Crippen molar-refractivity contribution >= 4 is 11.8 Å². The third-order valence-electron chi connectivity index (χ3n) is 3.82. The van der Waals surface area contributed by atoms with Gasteiger partial charge in [-0.15, -0.1) is 10.2 Å². The van der Waals surface area contributed by atoms with E-state index >= 15 is 0 Å². The van der Waals surface area contributed by atoms with Gasteiger partial charge in [0.2, 0.25) is 0 Å². The van der Waals surface area contributed by atoms with Gasteiger partial charge in [-0.3, -0.25) is 0 Å². The fourth-order valence-electron chi connectivity index (χ4n) is 2.34. The minimum atomic E-state index is -0.358. The van der Waals surface area contributed by atoms with Gasteiger partial charge in [-0.05, 0) is 46.5 Å². The summed E-state index contributed by atoms with van der Waals surface area (Å²) in [5.74, 6) is 2.49. The summed E-state index contributed by atoms with van der Waals surface area (Å²) in [5, 5.41) is 23.2. The highest BCUT2D eigenvalue weighted by Crippen LogP contribution is 2.45. The lowest BCUT2D eigenvalue weighted by molar-refractivity contribution is 0.183. The SMILES string of the molecule is CC(C)(C)NCC(O)CSc1nnc(C2CC2)n1C1CC1. The highest BCUT2D eigenvalue weighted by atomic mass is 32.2. The third kappa shape index (κ3) is 4.20. The summed E-state index contributed by atoms with van der Waals surface area (Å²) in [5.41, 5.74) is 0.0405. The zero-order valence-electron chi connectivity index (χ0n) is 13.2. The molecule has 0 spiro atoms. The molecule has 2 aliphatic carbocycles. The van der Waals surface area contributed by atoms with Gasteiger partial charge in [0, 0.05) is 29.8 Å². The Morgan fingerprint density at radius 2 is 2.00 bits per heavy atom. The zero-order valence-corrected chi connectivity index (χ0v) is 14.0. The molecule has 0 amide bonds. The first-order valence-corrected chi connectivity index (χ1v) is 8.93. The Hall–Kier alpha value is -0.590. The van der Waals surface area contributed by atoms with Gasteiger partial charge >= 0.3 is 0 Å². The highest BCUT2D eigenvalue weighted by Gasteiger charge is 2.36. The van der Waals surface area contributed by atoms with Crippen LogP contribution in [-0.2, 0) is 0 Å². The number of nitrogens with zero attached hydrogens (tertiary/aromatic N) is 3. The van der Waals surface area contributed by atoms with Crippen molar-refractivity contribution in [3.05, 3.63) is 5.82 Å². The molecule has 3 rings (SSSR count). The molecule has 0 aromatic carbocycles. The van der Waals surface area contributed by atoms with Gasteiger partial charge in [-0.25, -0.2) is 0 Å². The smallest absolute Gasteiger partial charge is 0.191 e. The Balaban J connectivity index is 1.55. The van der Waals surface area contributed by atoms with Crippen LogP contribution in [0.15, 0.2) is 5.16 Å². The van der Waals surface area contributed by atoms with Gasteiger partial charge < -0.3 is 15.0 Å². The van der Waals surface area contributed by atoms with Crippen LogP contribution in [0, 0.1) is 0 Å². The first kappa shape index (κ1) is 15.3. The van der Waals surface area contributed by atoms with Gasteiger partial charge in [-0.2, -0.15) is 0 Å². The summed E-state index contributed by atoms with van der Waals surface area (Å²) in [4.78, 5) is 0. The van der Waals surface area contributed by atoms with Gasteiger partial charge in [0.1, 0.15) is 5.82 Å². The van der Waals surface area contributed by atoms with Crippen LogP contribution in [0.25, 0.3) is 0 Å². The van der Waals surface area contributed by atoms with Crippen molar-refractivity contribution in [2.45, 2.75) is 75.2 Å². The minimum Gasteiger partial charge on any atom is -0.391 e. The van der Waals surface area contributed by atoms with Crippen molar-refractivity contribution in [1.82, 2.24) is 20.1 Å². The summed E-state index contributed by atoms with van der Waals surface area (Å²) < 4.78 is 2.34. The van der Waals surface area contributed by atoms with E-state index in [1.54, 1.807) is 11.8 Å². The Labute approximate surface area is 130 Å². The number of hydrogen-bond acceptors (Lipinski definition) is 5. The number of β-amino-alcohol motifs (C(OH)–C–C–N with tert-alkyl or cyclic N) is 1. The molecule has 5 nitrogen and oxygen atoms in total. The van der Waals surface area contributed by atoms with Crippen molar-refractivity contribution in [2.75, 3.05) is 12.3 Å². The van der Waals surface area contributed by atoms with Crippen LogP contribution in [-0.4, -0.2) is 43.8 Å². The monoisotopic (exact) mass is 310 g/mol. The fourth-order valence-corrected chi connectivity index (χ4v) is 3.28. The summed E-state index contributed by atoms with van der Waals surface area (Å²) in [6, 6.07) is 0.614. The molecule has 1 aromatic heterocycles. The van der Waals surface area contributed by atoms with Gasteiger partial charge in [0.15, 0.2) is 5.16 Å². The molecule has 0 bridgehead atoms. The van der Waals surface area contributed by atoms with Crippen LogP contribution < -0.4 is 5.32 Å². The van der Waals surface area contributed by atoms with E-state index in [4.69, 9.17) is 0 Å². The van der Waals surface area contributed by atoms with E-state index in [0.29, 0.717) is 24.3 Å². The molecule has 2 fully saturated rings. The van der Waals surface area contributed by atoms with Gasteiger partial charge in [0.25, 0.3) is 0 Å². The van der Waals surface area contributed by atoms with Crippen LogP contribution >= 0.6 is 11.8 Å². The second-order valence-electron chi connectivity index (χ2n) is 7.31. The number of aliphatic hydroxyl groups excluding tert-OH is 1. The van der Waals surface area contributed by atoms with Gasteiger partial charge in [-0.1, -0.05) is 11.8 Å². The molecule has 1 unspecified atom stereocenters. The molecule has 1 atom stereocenters. The molecule has 2 saturated carbocycles. The average molecular weight is 310 g/mol. The largest absolute Gasteiger partial charge is 0.391 e. The van der Waals surface area contributed by atoms with E-state index in [1.807, 2.05) is 0 Å². The number of aromatic nitrogens is 3. The maximum atomic E-state index is 10.1. The molecule has 0 saturated heterocycles. The topological polar surface area (TPSA) is 63.0 Å². The summed E-state index contributed by atoms with van der Waals surface area (Å²) in [6.45, 7) is 6.94. The number of rotatable bonds is 7. The lowest BCUT2D eigenvalue weighted by Crippen LogP contribution is -2.41. The molecular weight excluding hydrogens is 284 g/mol. The zero-order chi connectivity index (χ0) is 15.0. The standard InChI is InChI=1S/C15H26N4OS/c1-15(2,3)16-8-12(20)9-21-14-18-17-13(10-4-5-10)19(14)11-6-7-11/h10-12,16,20H,4-9H2,1-3H3. The van der Waals surface area contributed by atoms with Gasteiger partial charge in [0.05, 0.1) is 6.10 Å². The number of aliphatic hydroxyl groups is 1. The first-order chi connectivity index (χ1) is 9.94. The summed E-state index contributed by atoms with van der Waals surface area (Å²) >= 11 is 1.64. The first-order valence-electron chi connectivity index (χ1n) is 7.95. The van der Waals surface area contributed by atoms with Crippen molar-refractivity contribution in [3.63, 3.8) is 0 Å². The van der Waals surface area contributed by atoms with Crippen LogP contribution in [0.1, 0.15) is 64.2 Å². The average Bonchev–Trinajstić information content (AvgIpc) is 3.31. The van der Waals surface area contributed by atoms with Crippen LogP contribution in [0.5, 0.6) is 0 Å². The number of thioether (sulfide) groups is 1. The predicted octanol–water partition coefficient (Wildman–Crippen LogP) is 2.33. The molecule has 6 heteroatoms. The van der Waals surface area contributed by atoms with Crippen molar-refractivity contribution in [2.24, 2.45) is 0 Å². The second-order valence-corrected chi connectivity index (χ2v) is 8.30. The second kappa shape index (κ2) is 5.89. The van der Waals surface area contributed by atoms with E-state index < -0.39 is 0 Å². The van der Waals surface area contributed by atoms with Crippen LogP contribution in [0.4, 0.5) is 0 Å². The molecule has 1 heterocycles. The third-order valence-corrected chi connectivity index (χ3v) is 4.91. The van der Waals surface area contributed by atoms with E-state index in [9.17, 15) is 5.11 Å². The van der Waals surface area contributed by atoms with Crippen molar-refractivity contribution < 1.29 is 5.11 Å². The molecular formula is C15H26N4OS. The normalized spacial score (nSPS) is 20.8. The quantitative estimate of drug-likeness (QED) is 0.757. The van der Waals surface area contributed by atoms with E-state index in [2.05, 4.69) is 40.9 Å². The van der Waals surface area contributed by atoms with E-state index in [0.717, 1.165) is 5.16 Å². The molecule has 2 N–H and O–H groups in total. The molecule has 118 valence electrons. The highest BCUT2D eigenvalue weighted by molar-refractivity contribution is 7.99. The van der Waals surface area contributed by atoms with Crippen molar-refractivity contribution in [1.29, 1.82) is 0 Å². The Bertz CT molecular complexity index is 488. The fraction of sp³-hybridized carbons (Fsp3) is 0.867. The maximum absolute atomic E-state index is 10.1. The lowest BCUT2D eigenvalue weighted by Gasteiger charge is -2.22. The maximum Gasteiger partial charge on any atom is 0.191 e. The Morgan fingerprint density at radius 1 is 1.29 bits per heavy atom. The molecule has 1 aromatic rings. The summed E-state index contributed by atoms with van der Waals surface area (Å²) in [6.07, 6.45) is 4.66. The number of nitrogens with one attached hydrogen (secondary N) is 1. The Morgan fingerprint density at radius 3 is 2.57 bits per heavy atom. The van der Waals surface area contributed by atoms with Crippen molar-refractivity contribution in [3.8, 4) is 0 Å². The Kier molecular flexibility index (Phi) is 4.30. The van der Waals surface area contributed by atoms with Crippen LogP contribution in [0.3, 0.4) is 0 Å². The minimum absolute atomic E-state index is 0.0405.